The molecule has 0 fully saturated rings. The number of hydrazine groups is 1. The summed E-state index contributed by atoms with van der Waals surface area (Å²) in [5.41, 5.74) is 6.42. The SMILES string of the molecule is Cc1ccc(C(=O)NN/C2=C(\C(=O)C(F)(F)F)CCCCCCCCCC2)cc1. The third kappa shape index (κ3) is 7.55. The van der Waals surface area contributed by atoms with E-state index in [9.17, 15) is 22.8 Å². The van der Waals surface area contributed by atoms with E-state index in [4.69, 9.17) is 0 Å². The zero-order chi connectivity index (χ0) is 21.3. The van der Waals surface area contributed by atoms with Gasteiger partial charge in [-0.1, -0.05) is 56.2 Å². The van der Waals surface area contributed by atoms with E-state index in [1.165, 1.54) is 0 Å². The minimum atomic E-state index is -4.93. The zero-order valence-corrected chi connectivity index (χ0v) is 16.8. The molecule has 1 aromatic carbocycles. The summed E-state index contributed by atoms with van der Waals surface area (Å²) in [5, 5.41) is 0. The van der Waals surface area contributed by atoms with Crippen LogP contribution in [0.15, 0.2) is 35.5 Å². The number of carbonyl (C=O) groups excluding carboxylic acids is 2. The van der Waals surface area contributed by atoms with E-state index in [1.807, 2.05) is 6.92 Å². The first-order valence-electron chi connectivity index (χ1n) is 10.3. The van der Waals surface area contributed by atoms with Gasteiger partial charge in [-0.15, -0.1) is 0 Å². The summed E-state index contributed by atoms with van der Waals surface area (Å²) in [6, 6.07) is 6.85. The van der Waals surface area contributed by atoms with E-state index in [0.29, 0.717) is 24.8 Å². The number of hydrogen-bond acceptors (Lipinski definition) is 3. The van der Waals surface area contributed by atoms with Gasteiger partial charge in [-0.3, -0.25) is 15.0 Å². The van der Waals surface area contributed by atoms with Crippen LogP contribution in [0.5, 0.6) is 0 Å². The average Bonchev–Trinajstić information content (AvgIpc) is 2.66. The molecule has 29 heavy (non-hydrogen) atoms. The Bertz CT molecular complexity index is 725. The minimum Gasteiger partial charge on any atom is -0.302 e. The molecule has 1 aliphatic carbocycles. The molecule has 0 saturated heterocycles. The van der Waals surface area contributed by atoms with Crippen molar-refractivity contribution in [1.82, 2.24) is 10.9 Å². The molecule has 2 rings (SSSR count). The van der Waals surface area contributed by atoms with Crippen molar-refractivity contribution in [3.8, 4) is 0 Å². The van der Waals surface area contributed by atoms with Crippen LogP contribution in [0.4, 0.5) is 13.2 Å². The maximum absolute atomic E-state index is 13.2. The summed E-state index contributed by atoms with van der Waals surface area (Å²) < 4.78 is 39.5. The van der Waals surface area contributed by atoms with Gasteiger partial charge in [0.2, 0.25) is 0 Å². The number of ketones is 1. The van der Waals surface area contributed by atoms with Crippen LogP contribution in [0, 0.1) is 6.92 Å². The number of benzene rings is 1. The zero-order valence-electron chi connectivity index (χ0n) is 16.8. The van der Waals surface area contributed by atoms with Crippen molar-refractivity contribution in [2.75, 3.05) is 0 Å². The van der Waals surface area contributed by atoms with Gasteiger partial charge < -0.3 is 5.43 Å². The third-order valence-corrected chi connectivity index (χ3v) is 5.14. The lowest BCUT2D eigenvalue weighted by atomic mass is 9.96. The number of carbonyl (C=O) groups is 2. The monoisotopic (exact) mass is 410 g/mol. The Morgan fingerprint density at radius 1 is 0.828 bits per heavy atom. The molecule has 7 heteroatoms. The molecule has 0 spiro atoms. The summed E-state index contributed by atoms with van der Waals surface area (Å²) in [6.45, 7) is 1.89. The van der Waals surface area contributed by atoms with Gasteiger partial charge in [0.25, 0.3) is 11.7 Å². The van der Waals surface area contributed by atoms with Crippen molar-refractivity contribution in [1.29, 1.82) is 0 Å². The van der Waals surface area contributed by atoms with E-state index in [-0.39, 0.29) is 17.7 Å². The lowest BCUT2D eigenvalue weighted by Crippen LogP contribution is -2.39. The highest BCUT2D eigenvalue weighted by Crippen LogP contribution is 2.28. The molecule has 1 amide bonds. The number of alkyl halides is 3. The number of halogens is 3. The Labute approximate surface area is 169 Å². The second-order valence-electron chi connectivity index (χ2n) is 7.56. The first-order valence-corrected chi connectivity index (χ1v) is 10.3. The summed E-state index contributed by atoms with van der Waals surface area (Å²) in [5.74, 6) is -2.27. The van der Waals surface area contributed by atoms with Crippen LogP contribution in [0.25, 0.3) is 0 Å². The fourth-order valence-electron chi connectivity index (χ4n) is 3.43. The maximum Gasteiger partial charge on any atom is 0.454 e. The molecular weight excluding hydrogens is 381 g/mol. The molecule has 4 nitrogen and oxygen atoms in total. The second-order valence-corrected chi connectivity index (χ2v) is 7.56. The summed E-state index contributed by atoms with van der Waals surface area (Å²) in [7, 11) is 0. The average molecular weight is 410 g/mol. The van der Waals surface area contributed by atoms with Crippen molar-refractivity contribution < 1.29 is 22.8 Å². The fraction of sp³-hybridized carbons (Fsp3) is 0.545. The minimum absolute atomic E-state index is 0.0566. The molecule has 0 aliphatic heterocycles. The number of nitrogens with one attached hydrogen (secondary N) is 2. The lowest BCUT2D eigenvalue weighted by Gasteiger charge is -2.19. The molecule has 0 radical (unpaired) electrons. The largest absolute Gasteiger partial charge is 0.454 e. The van der Waals surface area contributed by atoms with Crippen molar-refractivity contribution in [3.63, 3.8) is 0 Å². The standard InChI is InChI=1S/C22H29F3N2O2/c1-16-12-14-17(15-13-16)21(29)27-26-19-11-9-7-5-3-2-4-6-8-10-18(19)20(28)22(23,24)25/h12-15,26H,2-11H2,1H3,(H,27,29)/b19-18-. The number of Topliss-reactive ketones (excluding diaryl/α,β-unsaturated/α-hetero) is 1. The number of rotatable bonds is 4. The number of aryl methyl sites for hydroxylation is 1. The molecule has 1 aliphatic rings. The van der Waals surface area contributed by atoms with Gasteiger partial charge in [0.05, 0.1) is 0 Å². The van der Waals surface area contributed by atoms with Gasteiger partial charge in [0.1, 0.15) is 0 Å². The highest BCUT2D eigenvalue weighted by molar-refractivity contribution is 6.00. The first kappa shape index (κ1) is 23.0. The smallest absolute Gasteiger partial charge is 0.302 e. The van der Waals surface area contributed by atoms with Crippen molar-refractivity contribution in [2.45, 2.75) is 77.3 Å². The molecule has 0 saturated carbocycles. The first-order chi connectivity index (χ1) is 13.8. The van der Waals surface area contributed by atoms with Crippen molar-refractivity contribution >= 4 is 11.7 Å². The van der Waals surface area contributed by atoms with Crippen LogP contribution in [-0.2, 0) is 4.79 Å². The molecule has 1 aromatic rings. The Morgan fingerprint density at radius 2 is 1.34 bits per heavy atom. The molecule has 160 valence electrons. The summed E-state index contributed by atoms with van der Waals surface area (Å²) in [4.78, 5) is 24.4. The van der Waals surface area contributed by atoms with E-state index >= 15 is 0 Å². The Kier molecular flexibility index (Phi) is 8.73. The molecule has 0 heterocycles. The number of amides is 1. The Balaban J connectivity index is 2.21. The van der Waals surface area contributed by atoms with Crippen molar-refractivity contribution in [3.05, 3.63) is 46.7 Å². The summed E-state index contributed by atoms with van der Waals surface area (Å²) >= 11 is 0. The predicted octanol–water partition coefficient (Wildman–Crippen LogP) is 5.53. The van der Waals surface area contributed by atoms with E-state index in [1.54, 1.807) is 24.3 Å². The quantitative estimate of drug-likeness (QED) is 0.642. The van der Waals surface area contributed by atoms with Crippen LogP contribution in [0.3, 0.4) is 0 Å². The van der Waals surface area contributed by atoms with Gasteiger partial charge in [0.15, 0.2) is 0 Å². The van der Waals surface area contributed by atoms with Crippen LogP contribution >= 0.6 is 0 Å². The van der Waals surface area contributed by atoms with Crippen LogP contribution in [0.2, 0.25) is 0 Å². The molecule has 0 bridgehead atoms. The topological polar surface area (TPSA) is 58.2 Å². The highest BCUT2D eigenvalue weighted by atomic mass is 19.4. The van der Waals surface area contributed by atoms with E-state index in [0.717, 1.165) is 44.1 Å². The Hall–Kier alpha value is -2.31. The normalized spacial score (nSPS) is 19.6. The van der Waals surface area contributed by atoms with Crippen LogP contribution < -0.4 is 10.9 Å². The van der Waals surface area contributed by atoms with E-state index in [2.05, 4.69) is 10.9 Å². The summed E-state index contributed by atoms with van der Waals surface area (Å²) in [6.07, 6.45) is 2.45. The van der Waals surface area contributed by atoms with Gasteiger partial charge in [0, 0.05) is 16.8 Å². The van der Waals surface area contributed by atoms with Gasteiger partial charge in [-0.25, -0.2) is 0 Å². The fourth-order valence-corrected chi connectivity index (χ4v) is 3.43. The maximum atomic E-state index is 13.2. The van der Waals surface area contributed by atoms with E-state index < -0.39 is 17.9 Å². The molecule has 0 aromatic heterocycles. The lowest BCUT2D eigenvalue weighted by molar-refractivity contribution is -0.166. The number of hydrogen-bond donors (Lipinski definition) is 2. The van der Waals surface area contributed by atoms with Gasteiger partial charge in [-0.2, -0.15) is 13.2 Å². The van der Waals surface area contributed by atoms with Gasteiger partial charge >= 0.3 is 6.18 Å². The Morgan fingerprint density at radius 3 is 1.90 bits per heavy atom. The van der Waals surface area contributed by atoms with Crippen LogP contribution in [-0.4, -0.2) is 17.9 Å². The third-order valence-electron chi connectivity index (χ3n) is 5.14. The molecular formula is C22H29F3N2O2. The van der Waals surface area contributed by atoms with Gasteiger partial charge in [-0.05, 0) is 44.7 Å². The van der Waals surface area contributed by atoms with Crippen molar-refractivity contribution in [2.24, 2.45) is 0 Å². The second kappa shape index (κ2) is 11.0. The molecule has 2 N–H and O–H groups in total. The predicted molar refractivity (Wildman–Crippen MR) is 106 cm³/mol. The highest BCUT2D eigenvalue weighted by Gasteiger charge is 2.41. The molecule has 0 atom stereocenters. The molecule has 0 unspecified atom stereocenters. The number of allylic oxidation sites excluding steroid dienone is 2. The van der Waals surface area contributed by atoms with Crippen LogP contribution in [0.1, 0.15) is 80.1 Å².